The molecule has 0 aliphatic carbocycles. The van der Waals surface area contributed by atoms with Gasteiger partial charge < -0.3 is 19.7 Å². The summed E-state index contributed by atoms with van der Waals surface area (Å²) in [7, 11) is 0. The zero-order valence-corrected chi connectivity index (χ0v) is 14.7. The third kappa shape index (κ3) is 5.30. The van der Waals surface area contributed by atoms with Gasteiger partial charge in [-0.3, -0.25) is 4.79 Å². The molecule has 1 aliphatic heterocycles. The smallest absolute Gasteiger partial charge is 0.407 e. The molecule has 1 aromatic carbocycles. The zero-order chi connectivity index (χ0) is 17.5. The summed E-state index contributed by atoms with van der Waals surface area (Å²) >= 11 is 5.83. The molecule has 1 unspecified atom stereocenters. The molecule has 6 nitrogen and oxygen atoms in total. The fraction of sp³-hybridized carbons (Fsp3) is 0.529. The van der Waals surface area contributed by atoms with Crippen LogP contribution >= 0.6 is 11.6 Å². The van der Waals surface area contributed by atoms with Gasteiger partial charge in [0.25, 0.3) is 5.91 Å². The second kappa shape index (κ2) is 8.78. The van der Waals surface area contributed by atoms with Crippen molar-refractivity contribution in [3.05, 3.63) is 29.3 Å². The number of benzene rings is 1. The monoisotopic (exact) mass is 354 g/mol. The Morgan fingerprint density at radius 1 is 1.29 bits per heavy atom. The van der Waals surface area contributed by atoms with Gasteiger partial charge in [0.05, 0.1) is 6.61 Å². The topological polar surface area (TPSA) is 67.9 Å². The average molecular weight is 355 g/mol. The zero-order valence-electron chi connectivity index (χ0n) is 14.0. The first kappa shape index (κ1) is 18.4. The van der Waals surface area contributed by atoms with Gasteiger partial charge in [0.15, 0.2) is 6.10 Å². The molecule has 2 rings (SSSR count). The van der Waals surface area contributed by atoms with E-state index in [4.69, 9.17) is 21.1 Å². The highest BCUT2D eigenvalue weighted by molar-refractivity contribution is 6.30. The molecule has 1 aliphatic rings. The molecule has 0 saturated carbocycles. The molecule has 0 bridgehead atoms. The molecule has 1 N–H and O–H groups in total. The minimum absolute atomic E-state index is 0.0422. The first-order valence-electron chi connectivity index (χ1n) is 8.14. The average Bonchev–Trinajstić information content (AvgIpc) is 2.57. The van der Waals surface area contributed by atoms with Crippen LogP contribution in [0, 0.1) is 0 Å². The standard InChI is InChI=1S/C17H23ClN2O4/c1-3-23-17(22)19-14-8-10-20(11-9-14)16(21)12(2)24-15-6-4-13(18)5-7-15/h4-7,12,14H,3,8-11H2,1-2H3,(H,19,22). The van der Waals surface area contributed by atoms with Gasteiger partial charge in [-0.05, 0) is 51.0 Å². The van der Waals surface area contributed by atoms with Crippen molar-refractivity contribution in [2.45, 2.75) is 38.8 Å². The third-order valence-electron chi connectivity index (χ3n) is 3.88. The van der Waals surface area contributed by atoms with Crippen LogP contribution in [0.3, 0.4) is 0 Å². The Morgan fingerprint density at radius 3 is 2.50 bits per heavy atom. The van der Waals surface area contributed by atoms with Crippen molar-refractivity contribution < 1.29 is 19.1 Å². The Hall–Kier alpha value is -1.95. The number of likely N-dealkylation sites (tertiary alicyclic amines) is 1. The van der Waals surface area contributed by atoms with E-state index >= 15 is 0 Å². The summed E-state index contributed by atoms with van der Waals surface area (Å²) in [4.78, 5) is 25.7. The summed E-state index contributed by atoms with van der Waals surface area (Å²) in [5, 5.41) is 3.43. The van der Waals surface area contributed by atoms with Crippen LogP contribution in [0.1, 0.15) is 26.7 Å². The first-order chi connectivity index (χ1) is 11.5. The predicted octanol–water partition coefficient (Wildman–Crippen LogP) is 2.84. The Morgan fingerprint density at radius 2 is 1.92 bits per heavy atom. The van der Waals surface area contributed by atoms with E-state index in [1.165, 1.54) is 0 Å². The maximum atomic E-state index is 12.5. The molecular formula is C17H23ClN2O4. The third-order valence-corrected chi connectivity index (χ3v) is 4.13. The lowest BCUT2D eigenvalue weighted by Gasteiger charge is -2.33. The number of halogens is 1. The predicted molar refractivity (Wildman–Crippen MR) is 91.3 cm³/mol. The normalized spacial score (nSPS) is 16.4. The number of hydrogen-bond donors (Lipinski definition) is 1. The SMILES string of the molecule is CCOC(=O)NC1CCN(C(=O)C(C)Oc2ccc(Cl)cc2)CC1. The molecule has 132 valence electrons. The van der Waals surface area contributed by atoms with Gasteiger partial charge in [-0.15, -0.1) is 0 Å². The van der Waals surface area contributed by atoms with E-state index in [2.05, 4.69) is 5.32 Å². The van der Waals surface area contributed by atoms with Gasteiger partial charge in [0.1, 0.15) is 5.75 Å². The second-order valence-electron chi connectivity index (χ2n) is 5.68. The molecular weight excluding hydrogens is 332 g/mol. The molecule has 0 spiro atoms. The van der Waals surface area contributed by atoms with E-state index in [0.29, 0.717) is 43.3 Å². The lowest BCUT2D eigenvalue weighted by Crippen LogP contribution is -2.49. The Kier molecular flexibility index (Phi) is 6.73. The quantitative estimate of drug-likeness (QED) is 0.882. The molecule has 0 aromatic heterocycles. The highest BCUT2D eigenvalue weighted by Crippen LogP contribution is 2.18. The van der Waals surface area contributed by atoms with Gasteiger partial charge in [-0.2, -0.15) is 0 Å². The van der Waals surface area contributed by atoms with Gasteiger partial charge in [0, 0.05) is 24.2 Å². The Labute approximate surface area is 147 Å². The number of amides is 2. The van der Waals surface area contributed by atoms with Crippen molar-refractivity contribution in [3.63, 3.8) is 0 Å². The molecule has 1 fully saturated rings. The van der Waals surface area contributed by atoms with E-state index in [1.807, 2.05) is 0 Å². The van der Waals surface area contributed by atoms with E-state index in [0.717, 1.165) is 0 Å². The summed E-state index contributed by atoms with van der Waals surface area (Å²) in [5.41, 5.74) is 0. The fourth-order valence-electron chi connectivity index (χ4n) is 2.61. The summed E-state index contributed by atoms with van der Waals surface area (Å²) < 4.78 is 10.5. The number of nitrogens with zero attached hydrogens (tertiary/aromatic N) is 1. The minimum atomic E-state index is -0.569. The number of carbonyl (C=O) groups is 2. The molecule has 24 heavy (non-hydrogen) atoms. The molecule has 1 saturated heterocycles. The number of hydrogen-bond acceptors (Lipinski definition) is 4. The largest absolute Gasteiger partial charge is 0.481 e. The number of ether oxygens (including phenoxy) is 2. The Bertz CT molecular complexity index is 556. The van der Waals surface area contributed by atoms with E-state index < -0.39 is 12.2 Å². The van der Waals surface area contributed by atoms with E-state index in [-0.39, 0.29) is 11.9 Å². The van der Waals surface area contributed by atoms with Crippen LogP contribution in [-0.2, 0) is 9.53 Å². The van der Waals surface area contributed by atoms with Gasteiger partial charge in [-0.1, -0.05) is 11.6 Å². The lowest BCUT2D eigenvalue weighted by molar-refractivity contribution is -0.139. The van der Waals surface area contributed by atoms with Crippen molar-refractivity contribution in [3.8, 4) is 5.75 Å². The van der Waals surface area contributed by atoms with E-state index in [1.54, 1.807) is 43.0 Å². The van der Waals surface area contributed by atoms with Crippen molar-refractivity contribution in [2.75, 3.05) is 19.7 Å². The van der Waals surface area contributed by atoms with Crippen LogP contribution in [0.4, 0.5) is 4.79 Å². The van der Waals surface area contributed by atoms with Gasteiger partial charge >= 0.3 is 6.09 Å². The van der Waals surface area contributed by atoms with Crippen LogP contribution in [0.2, 0.25) is 5.02 Å². The number of carbonyl (C=O) groups excluding carboxylic acids is 2. The summed E-state index contributed by atoms with van der Waals surface area (Å²) in [6.07, 6.45) is 0.443. The van der Waals surface area contributed by atoms with Crippen molar-refractivity contribution in [1.82, 2.24) is 10.2 Å². The van der Waals surface area contributed by atoms with Crippen molar-refractivity contribution in [2.24, 2.45) is 0 Å². The number of alkyl carbamates (subject to hydrolysis) is 1. The van der Waals surface area contributed by atoms with Crippen LogP contribution in [0.15, 0.2) is 24.3 Å². The van der Waals surface area contributed by atoms with Crippen LogP contribution in [0.25, 0.3) is 0 Å². The second-order valence-corrected chi connectivity index (χ2v) is 6.11. The maximum absolute atomic E-state index is 12.5. The summed E-state index contributed by atoms with van der Waals surface area (Å²) in [6, 6.07) is 6.96. The highest BCUT2D eigenvalue weighted by Gasteiger charge is 2.27. The maximum Gasteiger partial charge on any atom is 0.407 e. The number of piperidine rings is 1. The summed E-state index contributed by atoms with van der Waals surface area (Å²) in [5.74, 6) is 0.554. The Balaban J connectivity index is 1.79. The van der Waals surface area contributed by atoms with Crippen molar-refractivity contribution in [1.29, 1.82) is 0 Å². The lowest BCUT2D eigenvalue weighted by atomic mass is 10.0. The minimum Gasteiger partial charge on any atom is -0.481 e. The van der Waals surface area contributed by atoms with Crippen LogP contribution in [-0.4, -0.2) is 48.7 Å². The van der Waals surface area contributed by atoms with Gasteiger partial charge in [-0.25, -0.2) is 4.79 Å². The molecule has 2 amide bonds. The van der Waals surface area contributed by atoms with Crippen molar-refractivity contribution >= 4 is 23.6 Å². The molecule has 7 heteroatoms. The van der Waals surface area contributed by atoms with E-state index in [9.17, 15) is 9.59 Å². The fourth-order valence-corrected chi connectivity index (χ4v) is 2.73. The molecule has 1 heterocycles. The summed E-state index contributed by atoms with van der Waals surface area (Å²) in [6.45, 7) is 5.03. The van der Waals surface area contributed by atoms with Crippen LogP contribution in [0.5, 0.6) is 5.75 Å². The highest BCUT2D eigenvalue weighted by atomic mass is 35.5. The molecule has 1 aromatic rings. The number of rotatable bonds is 5. The molecule has 1 atom stereocenters. The van der Waals surface area contributed by atoms with Gasteiger partial charge in [0.2, 0.25) is 0 Å². The first-order valence-corrected chi connectivity index (χ1v) is 8.51. The van der Waals surface area contributed by atoms with Crippen LogP contribution < -0.4 is 10.1 Å². The number of nitrogens with one attached hydrogen (secondary N) is 1. The molecule has 0 radical (unpaired) electrons.